The smallest absolute Gasteiger partial charge is 0.339 e. The van der Waals surface area contributed by atoms with Crippen molar-refractivity contribution in [1.29, 1.82) is 0 Å². The molecule has 0 fully saturated rings. The van der Waals surface area contributed by atoms with Gasteiger partial charge in [-0.15, -0.1) is 0 Å². The summed E-state index contributed by atoms with van der Waals surface area (Å²) in [6.07, 6.45) is 1.39. The van der Waals surface area contributed by atoms with Crippen LogP contribution in [0.4, 0.5) is 17.2 Å². The second-order valence-corrected chi connectivity index (χ2v) is 5.44. The molecular weight excluding hydrogens is 346 g/mol. The number of pyridine rings is 1. The maximum Gasteiger partial charge on any atom is 0.339 e. The third-order valence-electron chi connectivity index (χ3n) is 2.64. The largest absolute Gasteiger partial charge is 0.478 e. The van der Waals surface area contributed by atoms with E-state index in [4.69, 9.17) is 22.4 Å². The molecule has 104 valence electrons. The quantitative estimate of drug-likeness (QED) is 0.778. The lowest BCUT2D eigenvalue weighted by molar-refractivity contribution is 0.0697. The Labute approximate surface area is 128 Å². The summed E-state index contributed by atoms with van der Waals surface area (Å²) in [4.78, 5) is 15.2. The molecule has 0 spiro atoms. The van der Waals surface area contributed by atoms with Crippen molar-refractivity contribution in [2.45, 2.75) is 6.92 Å². The van der Waals surface area contributed by atoms with Crippen molar-refractivity contribution in [3.63, 3.8) is 0 Å². The highest BCUT2D eigenvalue weighted by Gasteiger charge is 2.14. The molecule has 0 unspecified atom stereocenters. The summed E-state index contributed by atoms with van der Waals surface area (Å²) in [5.41, 5.74) is 7.36. The van der Waals surface area contributed by atoms with Gasteiger partial charge in [-0.25, -0.2) is 9.78 Å². The molecule has 0 aliphatic rings. The lowest BCUT2D eigenvalue weighted by atomic mass is 10.2. The molecule has 0 bridgehead atoms. The van der Waals surface area contributed by atoms with Crippen LogP contribution in [0.1, 0.15) is 15.9 Å². The molecule has 2 rings (SSSR count). The van der Waals surface area contributed by atoms with E-state index in [0.717, 1.165) is 10.0 Å². The zero-order chi connectivity index (χ0) is 14.9. The van der Waals surface area contributed by atoms with Gasteiger partial charge in [-0.2, -0.15) is 0 Å². The van der Waals surface area contributed by atoms with Crippen LogP contribution in [0.3, 0.4) is 0 Å². The summed E-state index contributed by atoms with van der Waals surface area (Å²) in [7, 11) is 0. The second kappa shape index (κ2) is 5.68. The van der Waals surface area contributed by atoms with E-state index in [-0.39, 0.29) is 17.1 Å². The molecular formula is C13H11BrClN3O2. The predicted octanol–water partition coefficient (Wildman–Crippen LogP) is 3.83. The average Bonchev–Trinajstić information content (AvgIpc) is 2.37. The number of aryl methyl sites for hydroxylation is 1. The number of benzene rings is 1. The van der Waals surface area contributed by atoms with Crippen molar-refractivity contribution in [1.82, 2.24) is 4.98 Å². The van der Waals surface area contributed by atoms with Crippen LogP contribution in [0.25, 0.3) is 0 Å². The molecule has 1 aromatic heterocycles. The van der Waals surface area contributed by atoms with Crippen LogP contribution in [-0.2, 0) is 0 Å². The number of carboxylic acid groups (broad SMARTS) is 1. The lowest BCUT2D eigenvalue weighted by Crippen LogP contribution is -2.06. The first-order valence-corrected chi connectivity index (χ1v) is 6.77. The Balaban J connectivity index is 2.45. The van der Waals surface area contributed by atoms with Gasteiger partial charge in [-0.05, 0) is 46.6 Å². The number of aromatic carboxylic acids is 1. The van der Waals surface area contributed by atoms with Gasteiger partial charge in [-0.1, -0.05) is 11.6 Å². The molecule has 1 aromatic carbocycles. The third kappa shape index (κ3) is 3.02. The Kier molecular flexibility index (Phi) is 4.15. The monoisotopic (exact) mass is 355 g/mol. The van der Waals surface area contributed by atoms with E-state index in [1.54, 1.807) is 6.07 Å². The minimum Gasteiger partial charge on any atom is -0.478 e. The number of carbonyl (C=O) groups is 1. The minimum absolute atomic E-state index is 0.00593. The third-order valence-corrected chi connectivity index (χ3v) is 3.70. The molecule has 0 aliphatic carbocycles. The summed E-state index contributed by atoms with van der Waals surface area (Å²) in [6, 6.07) is 4.88. The molecule has 0 amide bonds. The number of halogens is 2. The lowest BCUT2D eigenvalue weighted by Gasteiger charge is -2.12. The van der Waals surface area contributed by atoms with Gasteiger partial charge in [-0.3, -0.25) is 0 Å². The van der Waals surface area contributed by atoms with Crippen molar-refractivity contribution in [3.05, 3.63) is 45.0 Å². The maximum absolute atomic E-state index is 11.2. The van der Waals surface area contributed by atoms with E-state index >= 15 is 0 Å². The molecule has 0 aliphatic heterocycles. The summed E-state index contributed by atoms with van der Waals surface area (Å²) in [6.45, 7) is 1.88. The maximum atomic E-state index is 11.2. The van der Waals surface area contributed by atoms with E-state index < -0.39 is 5.97 Å². The van der Waals surface area contributed by atoms with Crippen molar-refractivity contribution in [3.8, 4) is 0 Å². The number of nitrogens with zero attached hydrogens (tertiary/aromatic N) is 1. The van der Waals surface area contributed by atoms with E-state index in [1.807, 2.05) is 13.0 Å². The highest BCUT2D eigenvalue weighted by Crippen LogP contribution is 2.32. The average molecular weight is 357 g/mol. The molecule has 0 radical (unpaired) electrons. The first-order chi connectivity index (χ1) is 9.38. The minimum atomic E-state index is -1.11. The fourth-order valence-electron chi connectivity index (χ4n) is 1.61. The van der Waals surface area contributed by atoms with Crippen molar-refractivity contribution >= 4 is 50.7 Å². The van der Waals surface area contributed by atoms with Gasteiger partial charge >= 0.3 is 5.97 Å². The molecule has 0 atom stereocenters. The molecule has 0 saturated heterocycles. The van der Waals surface area contributed by atoms with E-state index in [2.05, 4.69) is 26.2 Å². The second-order valence-electron chi connectivity index (χ2n) is 4.18. The van der Waals surface area contributed by atoms with Gasteiger partial charge in [0.05, 0.1) is 17.6 Å². The predicted molar refractivity (Wildman–Crippen MR) is 82.8 cm³/mol. The van der Waals surface area contributed by atoms with Crippen LogP contribution in [0.2, 0.25) is 5.02 Å². The number of carboxylic acids is 1. The van der Waals surface area contributed by atoms with Crippen LogP contribution in [-0.4, -0.2) is 16.1 Å². The van der Waals surface area contributed by atoms with Crippen LogP contribution in [0, 0.1) is 6.92 Å². The van der Waals surface area contributed by atoms with Crippen LogP contribution < -0.4 is 11.1 Å². The standard InChI is InChI=1S/C13H11BrClN3O2/c1-6-2-9(14)11(4-10(6)15)18-12-8(13(19)20)3-7(16)5-17-12/h2-5H,16H2,1H3,(H,17,18)(H,19,20). The van der Waals surface area contributed by atoms with Crippen LogP contribution in [0.15, 0.2) is 28.9 Å². The number of nitrogens with one attached hydrogen (secondary N) is 1. The van der Waals surface area contributed by atoms with Crippen molar-refractivity contribution < 1.29 is 9.90 Å². The molecule has 5 nitrogen and oxygen atoms in total. The Bertz CT molecular complexity index is 692. The first-order valence-electron chi connectivity index (χ1n) is 5.60. The Hall–Kier alpha value is -1.79. The number of nitrogen functional groups attached to an aromatic ring is 1. The van der Waals surface area contributed by atoms with Crippen molar-refractivity contribution in [2.75, 3.05) is 11.1 Å². The number of aromatic nitrogens is 1. The fraction of sp³-hybridized carbons (Fsp3) is 0.0769. The molecule has 2 aromatic rings. The van der Waals surface area contributed by atoms with E-state index in [0.29, 0.717) is 10.7 Å². The van der Waals surface area contributed by atoms with Crippen molar-refractivity contribution in [2.24, 2.45) is 0 Å². The highest BCUT2D eigenvalue weighted by molar-refractivity contribution is 9.10. The van der Waals surface area contributed by atoms with Gasteiger partial charge in [0.15, 0.2) is 0 Å². The molecule has 4 N–H and O–H groups in total. The van der Waals surface area contributed by atoms with Gasteiger partial charge in [0.1, 0.15) is 11.4 Å². The fourth-order valence-corrected chi connectivity index (χ4v) is 2.33. The topological polar surface area (TPSA) is 88.2 Å². The Morgan fingerprint density at radius 2 is 2.15 bits per heavy atom. The zero-order valence-corrected chi connectivity index (χ0v) is 12.8. The Morgan fingerprint density at radius 1 is 1.45 bits per heavy atom. The van der Waals surface area contributed by atoms with Crippen LogP contribution in [0.5, 0.6) is 0 Å². The number of anilines is 3. The number of rotatable bonds is 3. The van der Waals surface area contributed by atoms with Gasteiger partial charge in [0.2, 0.25) is 0 Å². The molecule has 0 saturated carbocycles. The Morgan fingerprint density at radius 3 is 2.80 bits per heavy atom. The summed E-state index contributed by atoms with van der Waals surface area (Å²) < 4.78 is 0.759. The van der Waals surface area contributed by atoms with Crippen LogP contribution >= 0.6 is 27.5 Å². The zero-order valence-electron chi connectivity index (χ0n) is 10.4. The van der Waals surface area contributed by atoms with E-state index in [9.17, 15) is 4.79 Å². The number of hydrogen-bond donors (Lipinski definition) is 3. The molecule has 1 heterocycles. The normalized spacial score (nSPS) is 10.3. The number of nitrogens with two attached hydrogens (primary N) is 1. The van der Waals surface area contributed by atoms with E-state index in [1.165, 1.54) is 12.3 Å². The number of hydrogen-bond acceptors (Lipinski definition) is 4. The molecule has 7 heteroatoms. The molecule has 20 heavy (non-hydrogen) atoms. The summed E-state index contributed by atoms with van der Waals surface area (Å²) in [5.74, 6) is -0.908. The van der Waals surface area contributed by atoms with Gasteiger partial charge in [0.25, 0.3) is 0 Å². The first kappa shape index (κ1) is 14.6. The van der Waals surface area contributed by atoms with Gasteiger partial charge in [0, 0.05) is 9.50 Å². The van der Waals surface area contributed by atoms with Gasteiger partial charge < -0.3 is 16.2 Å². The highest BCUT2D eigenvalue weighted by atomic mass is 79.9. The summed E-state index contributed by atoms with van der Waals surface area (Å²) >= 11 is 9.46. The SMILES string of the molecule is Cc1cc(Br)c(Nc2ncc(N)cc2C(=O)O)cc1Cl. The summed E-state index contributed by atoms with van der Waals surface area (Å²) in [5, 5.41) is 12.7.